The van der Waals surface area contributed by atoms with Gasteiger partial charge in [-0.05, 0) is 63.7 Å². The molecule has 2 bridgehead atoms. The first-order chi connectivity index (χ1) is 8.96. The highest BCUT2D eigenvalue weighted by Gasteiger charge is 2.61. The maximum absolute atomic E-state index is 12.6. The van der Waals surface area contributed by atoms with Gasteiger partial charge in [0, 0.05) is 0 Å². The zero-order chi connectivity index (χ0) is 13.7. The number of amides is 1. The Bertz CT molecular complexity index is 414. The third kappa shape index (κ3) is 1.87. The Morgan fingerprint density at radius 2 is 1.89 bits per heavy atom. The summed E-state index contributed by atoms with van der Waals surface area (Å²) in [5.74, 6) is -0.197. The van der Waals surface area contributed by atoms with Crippen molar-refractivity contribution in [1.82, 2.24) is 0 Å². The highest BCUT2D eigenvalue weighted by molar-refractivity contribution is 6.03. The van der Waals surface area contributed by atoms with Gasteiger partial charge >= 0.3 is 5.97 Å². The van der Waals surface area contributed by atoms with Gasteiger partial charge in [-0.2, -0.15) is 0 Å². The molecule has 3 aliphatic carbocycles. The largest absolute Gasteiger partial charge is 0.459 e. The van der Waals surface area contributed by atoms with Gasteiger partial charge in [0.1, 0.15) is 11.0 Å². The molecule has 3 unspecified atom stereocenters. The SMILES string of the molecule is CC1(OC(=O)C2(C(N)=O)CC3CCC2C3)CCCC1. The van der Waals surface area contributed by atoms with Crippen LogP contribution in [0.4, 0.5) is 0 Å². The Kier molecular flexibility index (Phi) is 2.88. The Morgan fingerprint density at radius 3 is 2.37 bits per heavy atom. The van der Waals surface area contributed by atoms with Crippen molar-refractivity contribution in [2.45, 2.75) is 63.9 Å². The summed E-state index contributed by atoms with van der Waals surface area (Å²) in [6, 6.07) is 0. The van der Waals surface area contributed by atoms with Crippen LogP contribution in [0.1, 0.15) is 58.3 Å². The number of ether oxygens (including phenoxy) is 1. The molecular formula is C15H23NO3. The highest BCUT2D eigenvalue weighted by Crippen LogP contribution is 2.57. The molecule has 0 saturated heterocycles. The monoisotopic (exact) mass is 265 g/mol. The fraction of sp³-hybridized carbons (Fsp3) is 0.867. The number of hydrogen-bond donors (Lipinski definition) is 1. The topological polar surface area (TPSA) is 69.4 Å². The van der Waals surface area contributed by atoms with Crippen LogP contribution in [0.2, 0.25) is 0 Å². The third-order valence-electron chi connectivity index (χ3n) is 5.65. The van der Waals surface area contributed by atoms with Crippen molar-refractivity contribution in [3.63, 3.8) is 0 Å². The Labute approximate surface area is 114 Å². The van der Waals surface area contributed by atoms with E-state index in [2.05, 4.69) is 0 Å². The smallest absolute Gasteiger partial charge is 0.322 e. The molecule has 0 radical (unpaired) electrons. The lowest BCUT2D eigenvalue weighted by atomic mass is 9.72. The molecule has 3 saturated carbocycles. The van der Waals surface area contributed by atoms with Gasteiger partial charge in [0.15, 0.2) is 0 Å². The molecule has 0 aromatic heterocycles. The van der Waals surface area contributed by atoms with Crippen molar-refractivity contribution < 1.29 is 14.3 Å². The molecule has 4 nitrogen and oxygen atoms in total. The van der Waals surface area contributed by atoms with Crippen LogP contribution < -0.4 is 5.73 Å². The highest BCUT2D eigenvalue weighted by atomic mass is 16.6. The molecule has 4 heteroatoms. The van der Waals surface area contributed by atoms with Gasteiger partial charge < -0.3 is 10.5 Å². The van der Waals surface area contributed by atoms with Crippen LogP contribution >= 0.6 is 0 Å². The number of fused-ring (bicyclic) bond motifs is 2. The van der Waals surface area contributed by atoms with Crippen molar-refractivity contribution >= 4 is 11.9 Å². The van der Waals surface area contributed by atoms with Crippen LogP contribution in [0.3, 0.4) is 0 Å². The summed E-state index contributed by atoms with van der Waals surface area (Å²) in [5.41, 5.74) is 4.20. The first kappa shape index (κ1) is 12.9. The standard InChI is InChI=1S/C15H23NO3/c1-14(6-2-3-7-14)19-13(18)15(12(16)17)9-10-4-5-11(15)8-10/h10-11H,2-9H2,1H3,(H2,16,17). The van der Waals surface area contributed by atoms with Gasteiger partial charge in [-0.3, -0.25) is 9.59 Å². The van der Waals surface area contributed by atoms with Crippen LogP contribution in [0.5, 0.6) is 0 Å². The van der Waals surface area contributed by atoms with Crippen molar-refractivity contribution in [2.75, 3.05) is 0 Å². The number of hydrogen-bond acceptors (Lipinski definition) is 3. The van der Waals surface area contributed by atoms with E-state index in [4.69, 9.17) is 10.5 Å². The van der Waals surface area contributed by atoms with Gasteiger partial charge in [-0.15, -0.1) is 0 Å². The first-order valence-corrected chi connectivity index (χ1v) is 7.50. The van der Waals surface area contributed by atoms with E-state index in [-0.39, 0.29) is 17.5 Å². The first-order valence-electron chi connectivity index (χ1n) is 7.50. The molecular weight excluding hydrogens is 242 g/mol. The zero-order valence-electron chi connectivity index (χ0n) is 11.6. The normalized spacial score (nSPS) is 39.4. The molecule has 0 aliphatic heterocycles. The van der Waals surface area contributed by atoms with E-state index >= 15 is 0 Å². The average molecular weight is 265 g/mol. The summed E-state index contributed by atoms with van der Waals surface area (Å²) in [5, 5.41) is 0. The second-order valence-corrected chi connectivity index (χ2v) is 6.96. The van der Waals surface area contributed by atoms with E-state index in [1.807, 2.05) is 6.92 Å². The minimum absolute atomic E-state index is 0.118. The molecule has 0 aromatic rings. The Hall–Kier alpha value is -1.06. The third-order valence-corrected chi connectivity index (χ3v) is 5.65. The zero-order valence-corrected chi connectivity index (χ0v) is 11.6. The predicted octanol–water partition coefficient (Wildman–Crippen LogP) is 2.15. The molecule has 0 aromatic carbocycles. The van der Waals surface area contributed by atoms with Gasteiger partial charge in [0.25, 0.3) is 0 Å². The lowest BCUT2D eigenvalue weighted by molar-refractivity contribution is -0.176. The van der Waals surface area contributed by atoms with Crippen LogP contribution in [-0.4, -0.2) is 17.5 Å². The van der Waals surface area contributed by atoms with E-state index in [1.54, 1.807) is 0 Å². The quantitative estimate of drug-likeness (QED) is 0.628. The predicted molar refractivity (Wildman–Crippen MR) is 70.0 cm³/mol. The van der Waals surface area contributed by atoms with E-state index in [1.165, 1.54) is 0 Å². The fourth-order valence-corrected chi connectivity index (χ4v) is 4.52. The Balaban J connectivity index is 1.81. The van der Waals surface area contributed by atoms with Crippen molar-refractivity contribution in [2.24, 2.45) is 23.0 Å². The minimum atomic E-state index is -1.02. The molecule has 19 heavy (non-hydrogen) atoms. The number of nitrogens with two attached hydrogens (primary N) is 1. The van der Waals surface area contributed by atoms with Crippen LogP contribution in [0.25, 0.3) is 0 Å². The summed E-state index contributed by atoms with van der Waals surface area (Å²) in [6.45, 7) is 1.99. The van der Waals surface area contributed by atoms with Crippen LogP contribution in [-0.2, 0) is 14.3 Å². The van der Waals surface area contributed by atoms with E-state index in [9.17, 15) is 9.59 Å². The minimum Gasteiger partial charge on any atom is -0.459 e. The maximum Gasteiger partial charge on any atom is 0.322 e. The van der Waals surface area contributed by atoms with Crippen molar-refractivity contribution in [3.8, 4) is 0 Å². The molecule has 2 N–H and O–H groups in total. The lowest BCUT2D eigenvalue weighted by Crippen LogP contribution is -2.50. The van der Waals surface area contributed by atoms with Gasteiger partial charge in [-0.1, -0.05) is 6.42 Å². The van der Waals surface area contributed by atoms with E-state index in [0.717, 1.165) is 44.9 Å². The number of carbonyl (C=O) groups is 2. The van der Waals surface area contributed by atoms with Gasteiger partial charge in [-0.25, -0.2) is 0 Å². The molecule has 3 aliphatic rings. The van der Waals surface area contributed by atoms with Crippen LogP contribution in [0, 0.1) is 17.3 Å². The second-order valence-electron chi connectivity index (χ2n) is 6.96. The molecule has 3 atom stereocenters. The molecule has 106 valence electrons. The van der Waals surface area contributed by atoms with Crippen molar-refractivity contribution in [1.29, 1.82) is 0 Å². The van der Waals surface area contributed by atoms with Gasteiger partial charge in [0.2, 0.25) is 5.91 Å². The molecule has 0 spiro atoms. The molecule has 3 fully saturated rings. The van der Waals surface area contributed by atoms with Crippen LogP contribution in [0.15, 0.2) is 0 Å². The number of primary amides is 1. The molecule has 3 rings (SSSR count). The fourth-order valence-electron chi connectivity index (χ4n) is 4.52. The lowest BCUT2D eigenvalue weighted by Gasteiger charge is -2.36. The second kappa shape index (κ2) is 4.22. The average Bonchev–Trinajstić information content (AvgIpc) is 3.03. The molecule has 0 heterocycles. The van der Waals surface area contributed by atoms with E-state index in [0.29, 0.717) is 12.3 Å². The maximum atomic E-state index is 12.6. The number of rotatable bonds is 3. The molecule has 1 amide bonds. The summed E-state index contributed by atoms with van der Waals surface area (Å²) in [7, 11) is 0. The summed E-state index contributed by atoms with van der Waals surface area (Å²) in [6.07, 6.45) is 7.66. The summed E-state index contributed by atoms with van der Waals surface area (Å²) < 4.78 is 5.76. The van der Waals surface area contributed by atoms with E-state index < -0.39 is 11.3 Å². The van der Waals surface area contributed by atoms with Gasteiger partial charge in [0.05, 0.1) is 0 Å². The number of carbonyl (C=O) groups excluding carboxylic acids is 2. The number of esters is 1. The van der Waals surface area contributed by atoms with Crippen molar-refractivity contribution in [3.05, 3.63) is 0 Å². The Morgan fingerprint density at radius 1 is 1.21 bits per heavy atom. The summed E-state index contributed by atoms with van der Waals surface area (Å²) >= 11 is 0. The summed E-state index contributed by atoms with van der Waals surface area (Å²) in [4.78, 5) is 24.6.